The summed E-state index contributed by atoms with van der Waals surface area (Å²) in [6.45, 7) is 5.10. The zero-order valence-corrected chi connectivity index (χ0v) is 13.4. The predicted molar refractivity (Wildman–Crippen MR) is 80.6 cm³/mol. The van der Waals surface area contributed by atoms with Crippen LogP contribution in [0.5, 0.6) is 0 Å². The van der Waals surface area contributed by atoms with Gasteiger partial charge < -0.3 is 10.2 Å². The smallest absolute Gasteiger partial charge is 0.241 e. The molecule has 1 unspecified atom stereocenters. The van der Waals surface area contributed by atoms with E-state index in [4.69, 9.17) is 21.8 Å². The zero-order valence-electron chi connectivity index (χ0n) is 11.8. The Hall–Kier alpha value is -1.57. The molecule has 114 valence electrons. The van der Waals surface area contributed by atoms with Crippen molar-refractivity contribution in [3.8, 4) is 0 Å². The number of anilines is 1. The number of nitrogens with zero attached hydrogens (tertiary/aromatic N) is 1. The van der Waals surface area contributed by atoms with E-state index in [1.165, 1.54) is 18.3 Å². The Morgan fingerprint density at radius 2 is 2.05 bits per heavy atom. The Kier molecular flexibility index (Phi) is 4.27. The van der Waals surface area contributed by atoms with Gasteiger partial charge in [-0.15, -0.1) is 0 Å². The van der Waals surface area contributed by atoms with Crippen LogP contribution in [0.25, 0.3) is 0 Å². The highest BCUT2D eigenvalue weighted by molar-refractivity contribution is 7.89. The minimum absolute atomic E-state index is 0.00530. The van der Waals surface area contributed by atoms with Gasteiger partial charge in [-0.1, -0.05) is 11.6 Å². The van der Waals surface area contributed by atoms with Crippen molar-refractivity contribution in [2.45, 2.75) is 31.7 Å². The van der Waals surface area contributed by atoms with Gasteiger partial charge in [-0.3, -0.25) is 0 Å². The number of rotatable bonds is 4. The van der Waals surface area contributed by atoms with E-state index in [1.54, 1.807) is 20.8 Å². The van der Waals surface area contributed by atoms with Gasteiger partial charge in [0.05, 0.1) is 17.1 Å². The fourth-order valence-corrected chi connectivity index (χ4v) is 3.30. The number of hydrogen-bond donors (Lipinski definition) is 2. The normalized spacial score (nSPS) is 13.3. The summed E-state index contributed by atoms with van der Waals surface area (Å²) in [7, 11) is -3.77. The Bertz CT molecular complexity index is 748. The first kappa shape index (κ1) is 15.8. The maximum absolute atomic E-state index is 12.3. The number of nitrogens with one attached hydrogen (secondary N) is 1. The second-order valence-corrected chi connectivity index (χ2v) is 6.89. The fourth-order valence-electron chi connectivity index (χ4n) is 1.75. The first-order chi connectivity index (χ1) is 9.70. The van der Waals surface area contributed by atoms with Crippen LogP contribution < -0.4 is 10.5 Å². The summed E-state index contributed by atoms with van der Waals surface area (Å²) in [6, 6.07) is 2.13. The van der Waals surface area contributed by atoms with Gasteiger partial charge in [0.25, 0.3) is 0 Å². The number of benzene rings is 1. The molecule has 3 N–H and O–H groups in total. The van der Waals surface area contributed by atoms with E-state index in [9.17, 15) is 8.42 Å². The van der Waals surface area contributed by atoms with Gasteiger partial charge in [0.15, 0.2) is 0 Å². The van der Waals surface area contributed by atoms with Crippen molar-refractivity contribution < 1.29 is 12.8 Å². The molecule has 0 aliphatic rings. The van der Waals surface area contributed by atoms with Crippen molar-refractivity contribution in [1.82, 2.24) is 9.71 Å². The van der Waals surface area contributed by atoms with Gasteiger partial charge in [-0.05, 0) is 38.5 Å². The van der Waals surface area contributed by atoms with E-state index >= 15 is 0 Å². The first-order valence-corrected chi connectivity index (χ1v) is 8.07. The van der Waals surface area contributed by atoms with Crippen molar-refractivity contribution in [3.63, 3.8) is 0 Å². The third-order valence-corrected chi connectivity index (χ3v) is 4.92. The largest absolute Gasteiger partial charge is 0.444 e. The van der Waals surface area contributed by atoms with Crippen molar-refractivity contribution in [2.24, 2.45) is 0 Å². The van der Waals surface area contributed by atoms with Gasteiger partial charge in [0.1, 0.15) is 5.76 Å². The van der Waals surface area contributed by atoms with Gasteiger partial charge in [0.2, 0.25) is 15.9 Å². The Morgan fingerprint density at radius 3 is 2.57 bits per heavy atom. The number of hydrogen-bond acceptors (Lipinski definition) is 5. The molecule has 0 saturated carbocycles. The highest BCUT2D eigenvalue weighted by Gasteiger charge is 2.22. The van der Waals surface area contributed by atoms with Crippen LogP contribution >= 0.6 is 11.6 Å². The lowest BCUT2D eigenvalue weighted by Crippen LogP contribution is -2.27. The van der Waals surface area contributed by atoms with Crippen molar-refractivity contribution in [1.29, 1.82) is 0 Å². The van der Waals surface area contributed by atoms with Crippen molar-refractivity contribution in [2.75, 3.05) is 5.73 Å². The molecule has 2 aromatic rings. The van der Waals surface area contributed by atoms with E-state index in [-0.39, 0.29) is 4.90 Å². The molecule has 0 saturated heterocycles. The number of aryl methyl sites for hydroxylation is 1. The van der Waals surface area contributed by atoms with Crippen LogP contribution in [0.15, 0.2) is 27.6 Å². The molecule has 1 atom stereocenters. The van der Waals surface area contributed by atoms with Crippen LogP contribution in [0.4, 0.5) is 5.69 Å². The average Bonchev–Trinajstić information content (AvgIpc) is 2.81. The zero-order chi connectivity index (χ0) is 15.8. The molecule has 0 radical (unpaired) electrons. The third-order valence-electron chi connectivity index (χ3n) is 3.01. The molecular formula is C13H16ClN3O3S. The second-order valence-electron chi connectivity index (χ2n) is 4.77. The standard InChI is InChI=1S/C13H16ClN3O3S/c1-7-6-16-13(20-7)9(3)17-21(18,19)10-4-11(14)8(2)12(15)5-10/h4-6,9,17H,15H2,1-3H3. The highest BCUT2D eigenvalue weighted by Crippen LogP contribution is 2.26. The van der Waals surface area contributed by atoms with Crippen LogP contribution in [0.1, 0.15) is 30.2 Å². The Labute approximate surface area is 128 Å². The van der Waals surface area contributed by atoms with Crippen LogP contribution in [-0.2, 0) is 10.0 Å². The molecule has 0 amide bonds. The molecule has 1 aromatic heterocycles. The fraction of sp³-hybridized carbons (Fsp3) is 0.308. The van der Waals surface area contributed by atoms with E-state index in [0.717, 1.165) is 0 Å². The minimum atomic E-state index is -3.77. The second kappa shape index (κ2) is 5.67. The molecule has 2 rings (SSSR count). The van der Waals surface area contributed by atoms with E-state index in [1.807, 2.05) is 0 Å². The number of aromatic nitrogens is 1. The molecule has 0 spiro atoms. The van der Waals surface area contributed by atoms with Crippen LogP contribution in [0, 0.1) is 13.8 Å². The molecule has 8 heteroatoms. The number of halogens is 1. The number of sulfonamides is 1. The average molecular weight is 330 g/mol. The summed E-state index contributed by atoms with van der Waals surface area (Å²) in [6.07, 6.45) is 1.53. The van der Waals surface area contributed by atoms with Gasteiger partial charge in [0, 0.05) is 10.7 Å². The first-order valence-electron chi connectivity index (χ1n) is 6.21. The van der Waals surface area contributed by atoms with Crippen LogP contribution in [-0.4, -0.2) is 13.4 Å². The monoisotopic (exact) mass is 329 g/mol. The lowest BCUT2D eigenvalue weighted by atomic mass is 10.2. The van der Waals surface area contributed by atoms with Gasteiger partial charge >= 0.3 is 0 Å². The molecule has 0 aliphatic carbocycles. The van der Waals surface area contributed by atoms with Gasteiger partial charge in [-0.2, -0.15) is 4.72 Å². The molecule has 1 aromatic carbocycles. The van der Waals surface area contributed by atoms with Gasteiger partial charge in [-0.25, -0.2) is 13.4 Å². The van der Waals surface area contributed by atoms with Crippen molar-refractivity contribution in [3.05, 3.63) is 40.6 Å². The minimum Gasteiger partial charge on any atom is -0.444 e. The SMILES string of the molecule is Cc1cnc(C(C)NS(=O)(=O)c2cc(N)c(C)c(Cl)c2)o1. The molecule has 0 bridgehead atoms. The third kappa shape index (κ3) is 3.37. The molecule has 21 heavy (non-hydrogen) atoms. The predicted octanol–water partition coefficient (Wildman–Crippen LogP) is 2.57. The Balaban J connectivity index is 2.30. The highest BCUT2D eigenvalue weighted by atomic mass is 35.5. The molecule has 1 heterocycles. The summed E-state index contributed by atoms with van der Waals surface area (Å²) < 4.78 is 32.5. The molecular weight excluding hydrogens is 314 g/mol. The number of oxazole rings is 1. The summed E-state index contributed by atoms with van der Waals surface area (Å²) >= 11 is 5.98. The lowest BCUT2D eigenvalue weighted by molar-refractivity contribution is 0.428. The summed E-state index contributed by atoms with van der Waals surface area (Å²) in [4.78, 5) is 4.00. The topological polar surface area (TPSA) is 98.2 Å². The maximum Gasteiger partial charge on any atom is 0.241 e. The van der Waals surface area contributed by atoms with Crippen molar-refractivity contribution >= 4 is 27.3 Å². The molecule has 0 aliphatic heterocycles. The Morgan fingerprint density at radius 1 is 1.38 bits per heavy atom. The van der Waals surface area contributed by atoms with Crippen LogP contribution in [0.2, 0.25) is 5.02 Å². The number of nitrogen functional groups attached to an aromatic ring is 1. The summed E-state index contributed by atoms with van der Waals surface area (Å²) in [5.74, 6) is 0.904. The summed E-state index contributed by atoms with van der Waals surface area (Å²) in [5.41, 5.74) is 6.72. The van der Waals surface area contributed by atoms with Crippen LogP contribution in [0.3, 0.4) is 0 Å². The quantitative estimate of drug-likeness (QED) is 0.840. The molecule has 0 fully saturated rings. The maximum atomic E-state index is 12.3. The van der Waals surface area contributed by atoms with E-state index in [0.29, 0.717) is 27.9 Å². The van der Waals surface area contributed by atoms with E-state index < -0.39 is 16.1 Å². The van der Waals surface area contributed by atoms with E-state index in [2.05, 4.69) is 9.71 Å². The summed E-state index contributed by atoms with van der Waals surface area (Å²) in [5, 5.41) is 0.301. The lowest BCUT2D eigenvalue weighted by Gasteiger charge is -2.13. The number of nitrogens with two attached hydrogens (primary N) is 1. The molecule has 6 nitrogen and oxygen atoms in total.